The second-order valence-corrected chi connectivity index (χ2v) is 11.6. The van der Waals surface area contributed by atoms with Crippen LogP contribution in [-0.2, 0) is 16.0 Å². The maximum atomic E-state index is 13.7. The third-order valence-electron chi connectivity index (χ3n) is 6.10. The van der Waals surface area contributed by atoms with Crippen LogP contribution in [0, 0.1) is 0 Å². The molecule has 0 aliphatic heterocycles. The highest BCUT2D eigenvalue weighted by atomic mass is 32.2. The van der Waals surface area contributed by atoms with Gasteiger partial charge in [-0.25, -0.2) is 13.1 Å². The molecule has 2 heterocycles. The molecule has 38 heavy (non-hydrogen) atoms. The molecule has 0 N–H and O–H groups in total. The minimum Gasteiger partial charge on any atom is -0.490 e. The van der Waals surface area contributed by atoms with Crippen LogP contribution in [0.5, 0.6) is 5.75 Å². The normalized spacial score (nSPS) is 12.3. The molecule has 4 rings (SSSR count). The van der Waals surface area contributed by atoms with Crippen LogP contribution in [0.1, 0.15) is 19.5 Å². The second kappa shape index (κ2) is 11.3. The minimum atomic E-state index is -4.64. The Morgan fingerprint density at radius 3 is 2.42 bits per heavy atom. The van der Waals surface area contributed by atoms with Crippen molar-refractivity contribution in [1.29, 1.82) is 0 Å². The fourth-order valence-corrected chi connectivity index (χ4v) is 5.57. The molecule has 202 valence electrons. The summed E-state index contributed by atoms with van der Waals surface area (Å²) in [5.74, 6) is 0.426. The van der Waals surface area contributed by atoms with Gasteiger partial charge in [0.05, 0.1) is 15.5 Å². The zero-order valence-corrected chi connectivity index (χ0v) is 22.8. The molecule has 0 aliphatic carbocycles. The molecule has 0 fully saturated rings. The zero-order chi connectivity index (χ0) is 27.5. The Bertz CT molecular complexity index is 1510. The molecule has 0 aliphatic rings. The van der Waals surface area contributed by atoms with E-state index in [0.29, 0.717) is 40.6 Å². The van der Waals surface area contributed by atoms with E-state index in [0.717, 1.165) is 25.4 Å². The minimum absolute atomic E-state index is 0.169. The Morgan fingerprint density at radius 2 is 1.74 bits per heavy atom. The Kier molecular flexibility index (Phi) is 8.29. The van der Waals surface area contributed by atoms with Crippen molar-refractivity contribution in [3.8, 4) is 33.1 Å². The molecule has 0 atom stereocenters. The summed E-state index contributed by atoms with van der Waals surface area (Å²) in [5.41, 5.74) is 0.983. The lowest BCUT2D eigenvalue weighted by Crippen LogP contribution is -2.28. The number of para-hydroxylation sites is 2. The van der Waals surface area contributed by atoms with Crippen LogP contribution in [0.3, 0.4) is 0 Å². The van der Waals surface area contributed by atoms with Crippen LogP contribution >= 0.6 is 11.3 Å². The number of rotatable bonds is 10. The predicted molar refractivity (Wildman–Crippen MR) is 144 cm³/mol. The van der Waals surface area contributed by atoms with Crippen LogP contribution in [0.15, 0.2) is 70.9 Å². The number of hydrogen-bond acceptors (Lipinski definition) is 6. The molecule has 4 aromatic rings. The predicted octanol–water partition coefficient (Wildman–Crippen LogP) is 6.41. The molecule has 0 amide bonds. The molecule has 0 spiro atoms. The SMILES string of the molecule is CCN(CC)CCOc1ccccc1-n1nc(C(F)(F)F)cc1-c1cc(-c2cccc(S(C)(=O)=O)c2)cs1. The van der Waals surface area contributed by atoms with Crippen molar-refractivity contribution in [1.82, 2.24) is 14.7 Å². The van der Waals surface area contributed by atoms with Crippen molar-refractivity contribution in [3.63, 3.8) is 0 Å². The quantitative estimate of drug-likeness (QED) is 0.223. The van der Waals surface area contributed by atoms with Crippen molar-refractivity contribution < 1.29 is 26.3 Å². The Balaban J connectivity index is 1.74. The standard InChI is InChI=1S/C27H28F3N3O3S2/c1-4-32(5-2)13-14-36-24-12-7-6-11-22(24)33-23(17-26(31-33)27(28,29)30)25-16-20(18-37-25)19-9-8-10-21(15-19)38(3,34)35/h6-12,15-18H,4-5,13-14H2,1-3H3. The number of benzene rings is 2. The molecule has 0 radical (unpaired) electrons. The maximum Gasteiger partial charge on any atom is 0.435 e. The van der Waals surface area contributed by atoms with E-state index < -0.39 is 21.7 Å². The van der Waals surface area contributed by atoms with Gasteiger partial charge in [0, 0.05) is 12.8 Å². The van der Waals surface area contributed by atoms with E-state index in [1.807, 2.05) is 0 Å². The second-order valence-electron chi connectivity index (χ2n) is 8.67. The Labute approximate surface area is 224 Å². The van der Waals surface area contributed by atoms with Crippen LogP contribution < -0.4 is 4.74 Å². The van der Waals surface area contributed by atoms with Crippen molar-refractivity contribution >= 4 is 21.2 Å². The average molecular weight is 564 g/mol. The Hall–Kier alpha value is -3.15. The molecule has 0 bridgehead atoms. The van der Waals surface area contributed by atoms with E-state index in [9.17, 15) is 21.6 Å². The van der Waals surface area contributed by atoms with Gasteiger partial charge in [-0.15, -0.1) is 11.3 Å². The topological polar surface area (TPSA) is 64.4 Å². The van der Waals surface area contributed by atoms with Crippen LogP contribution in [0.2, 0.25) is 0 Å². The summed E-state index contributed by atoms with van der Waals surface area (Å²) in [4.78, 5) is 2.91. The number of hydrogen-bond donors (Lipinski definition) is 0. The molecular formula is C27H28F3N3O3S2. The van der Waals surface area contributed by atoms with Gasteiger partial charge in [0.15, 0.2) is 15.5 Å². The van der Waals surface area contributed by atoms with E-state index in [2.05, 4.69) is 23.8 Å². The summed E-state index contributed by atoms with van der Waals surface area (Å²) < 4.78 is 72.5. The van der Waals surface area contributed by atoms with Crippen LogP contribution in [-0.4, -0.2) is 55.6 Å². The number of thiophene rings is 1. The molecule has 0 unspecified atom stereocenters. The average Bonchev–Trinajstić information content (AvgIpc) is 3.54. The summed E-state index contributed by atoms with van der Waals surface area (Å²) in [7, 11) is -3.41. The lowest BCUT2D eigenvalue weighted by Gasteiger charge is -2.19. The van der Waals surface area contributed by atoms with Gasteiger partial charge in [-0.1, -0.05) is 38.1 Å². The molecule has 11 heteroatoms. The number of nitrogens with zero attached hydrogens (tertiary/aromatic N) is 3. The highest BCUT2D eigenvalue weighted by Gasteiger charge is 2.36. The fourth-order valence-electron chi connectivity index (χ4n) is 3.99. The first kappa shape index (κ1) is 27.9. The van der Waals surface area contributed by atoms with Gasteiger partial charge in [-0.05, 0) is 66.0 Å². The highest BCUT2D eigenvalue weighted by molar-refractivity contribution is 7.90. The molecule has 2 aromatic carbocycles. The molecular weight excluding hydrogens is 535 g/mol. The van der Waals surface area contributed by atoms with E-state index in [-0.39, 0.29) is 10.6 Å². The van der Waals surface area contributed by atoms with Crippen molar-refractivity contribution in [2.45, 2.75) is 24.9 Å². The zero-order valence-electron chi connectivity index (χ0n) is 21.2. The first-order valence-corrected chi connectivity index (χ1v) is 14.8. The third kappa shape index (κ3) is 6.28. The van der Waals surface area contributed by atoms with Crippen molar-refractivity contribution in [2.75, 3.05) is 32.5 Å². The van der Waals surface area contributed by atoms with E-state index >= 15 is 0 Å². The van der Waals surface area contributed by atoms with Gasteiger partial charge in [0.2, 0.25) is 0 Å². The maximum absolute atomic E-state index is 13.7. The molecule has 0 saturated heterocycles. The summed E-state index contributed by atoms with van der Waals surface area (Å²) >= 11 is 1.25. The summed E-state index contributed by atoms with van der Waals surface area (Å²) in [6, 6.07) is 16.1. The number of likely N-dealkylation sites (N-methyl/N-ethyl adjacent to an activating group) is 1. The third-order valence-corrected chi connectivity index (χ3v) is 8.16. The summed E-state index contributed by atoms with van der Waals surface area (Å²) in [6.07, 6.45) is -3.51. The van der Waals surface area contributed by atoms with Gasteiger partial charge < -0.3 is 9.64 Å². The Morgan fingerprint density at radius 1 is 1.00 bits per heavy atom. The van der Waals surface area contributed by atoms with E-state index in [4.69, 9.17) is 4.74 Å². The van der Waals surface area contributed by atoms with Crippen LogP contribution in [0.4, 0.5) is 13.2 Å². The summed E-state index contributed by atoms with van der Waals surface area (Å²) in [5, 5.41) is 5.71. The smallest absolute Gasteiger partial charge is 0.435 e. The number of halogens is 3. The molecule has 0 saturated carbocycles. The van der Waals surface area contributed by atoms with Gasteiger partial charge >= 0.3 is 6.18 Å². The van der Waals surface area contributed by atoms with E-state index in [1.54, 1.807) is 53.9 Å². The van der Waals surface area contributed by atoms with E-state index in [1.165, 1.54) is 22.1 Å². The fraction of sp³-hybridized carbons (Fsp3) is 0.296. The number of alkyl halides is 3. The lowest BCUT2D eigenvalue weighted by atomic mass is 10.1. The van der Waals surface area contributed by atoms with Gasteiger partial charge in [-0.2, -0.15) is 18.3 Å². The number of aromatic nitrogens is 2. The molecule has 2 aromatic heterocycles. The lowest BCUT2D eigenvalue weighted by molar-refractivity contribution is -0.141. The van der Waals surface area contributed by atoms with Crippen LogP contribution in [0.25, 0.3) is 27.4 Å². The largest absolute Gasteiger partial charge is 0.490 e. The van der Waals surface area contributed by atoms with Gasteiger partial charge in [0.1, 0.15) is 18.0 Å². The van der Waals surface area contributed by atoms with Gasteiger partial charge in [-0.3, -0.25) is 0 Å². The highest BCUT2D eigenvalue weighted by Crippen LogP contribution is 2.39. The summed E-state index contributed by atoms with van der Waals surface area (Å²) in [6.45, 7) is 6.90. The first-order valence-electron chi connectivity index (χ1n) is 12.0. The first-order chi connectivity index (χ1) is 18.0. The van der Waals surface area contributed by atoms with Crippen molar-refractivity contribution in [2.24, 2.45) is 0 Å². The number of ether oxygens (including phenoxy) is 1. The van der Waals surface area contributed by atoms with Gasteiger partial charge in [0.25, 0.3) is 0 Å². The number of sulfone groups is 1. The monoisotopic (exact) mass is 563 g/mol. The van der Waals surface area contributed by atoms with Crippen molar-refractivity contribution in [3.05, 3.63) is 71.7 Å². The molecule has 6 nitrogen and oxygen atoms in total.